The van der Waals surface area contributed by atoms with Crippen molar-refractivity contribution >= 4 is 45.9 Å². The quantitative estimate of drug-likeness (QED) is 0.449. The van der Waals surface area contributed by atoms with E-state index in [0.29, 0.717) is 11.3 Å². The molecule has 0 bridgehead atoms. The Balaban J connectivity index is 1.89. The largest absolute Gasteiger partial charge is 0.451 e. The van der Waals surface area contributed by atoms with Gasteiger partial charge in [-0.3, -0.25) is 9.59 Å². The lowest BCUT2D eigenvalue weighted by Gasteiger charge is -2.07. The lowest BCUT2D eigenvalue weighted by molar-refractivity contribution is -0.119. The molecular weight excluding hydrogens is 399 g/mol. The zero-order valence-corrected chi connectivity index (χ0v) is 13.8. The molecule has 0 unspecified atom stereocenters. The van der Waals surface area contributed by atoms with E-state index in [4.69, 9.17) is 4.74 Å². The van der Waals surface area contributed by atoms with Gasteiger partial charge in [0, 0.05) is 15.3 Å². The molecule has 2 N–H and O–H groups in total. The summed E-state index contributed by atoms with van der Waals surface area (Å²) in [5.41, 5.74) is 1.17. The van der Waals surface area contributed by atoms with Crippen LogP contribution in [0.1, 0.15) is 27.8 Å². The standard InChI is InChI=1S/C15H13IN2O4/c1-9(19)10-6-13(17-7-10)15(21)22-8-14(20)18-12-5-3-2-4-11(12)16/h2-7,17H,8H2,1H3,(H,18,20). The van der Waals surface area contributed by atoms with E-state index in [2.05, 4.69) is 32.9 Å². The molecule has 0 aliphatic heterocycles. The summed E-state index contributed by atoms with van der Waals surface area (Å²) in [6.45, 7) is 0.992. The normalized spacial score (nSPS) is 10.1. The van der Waals surface area contributed by atoms with Crippen molar-refractivity contribution in [1.29, 1.82) is 0 Å². The minimum atomic E-state index is -0.689. The zero-order chi connectivity index (χ0) is 16.1. The number of amides is 1. The van der Waals surface area contributed by atoms with Crippen molar-refractivity contribution in [2.24, 2.45) is 0 Å². The Morgan fingerprint density at radius 3 is 2.64 bits per heavy atom. The van der Waals surface area contributed by atoms with Crippen molar-refractivity contribution in [2.75, 3.05) is 11.9 Å². The molecule has 7 heteroatoms. The number of carbonyl (C=O) groups excluding carboxylic acids is 3. The minimum absolute atomic E-state index is 0.132. The number of hydrogen-bond donors (Lipinski definition) is 2. The van der Waals surface area contributed by atoms with Gasteiger partial charge in [0.05, 0.1) is 5.69 Å². The van der Waals surface area contributed by atoms with E-state index in [1.807, 2.05) is 12.1 Å². The third-order valence-corrected chi connectivity index (χ3v) is 3.73. The number of ketones is 1. The maximum Gasteiger partial charge on any atom is 0.355 e. The van der Waals surface area contributed by atoms with Crippen molar-refractivity contribution in [3.05, 3.63) is 51.4 Å². The van der Waals surface area contributed by atoms with Crippen LogP contribution in [0.4, 0.5) is 5.69 Å². The van der Waals surface area contributed by atoms with Gasteiger partial charge >= 0.3 is 5.97 Å². The van der Waals surface area contributed by atoms with Crippen LogP contribution in [0.2, 0.25) is 0 Å². The number of anilines is 1. The topological polar surface area (TPSA) is 88.3 Å². The molecule has 0 aliphatic carbocycles. The number of ether oxygens (including phenoxy) is 1. The predicted octanol–water partition coefficient (Wildman–Crippen LogP) is 2.62. The van der Waals surface area contributed by atoms with Crippen LogP contribution in [0, 0.1) is 3.57 Å². The zero-order valence-electron chi connectivity index (χ0n) is 11.7. The molecule has 0 atom stereocenters. The first-order chi connectivity index (χ1) is 10.5. The molecule has 0 saturated heterocycles. The van der Waals surface area contributed by atoms with Crippen molar-refractivity contribution in [1.82, 2.24) is 4.98 Å². The fourth-order valence-electron chi connectivity index (χ4n) is 1.67. The Labute approximate surface area is 140 Å². The van der Waals surface area contributed by atoms with Crippen molar-refractivity contribution in [2.45, 2.75) is 6.92 Å². The molecule has 6 nitrogen and oxygen atoms in total. The Morgan fingerprint density at radius 1 is 1.27 bits per heavy atom. The Morgan fingerprint density at radius 2 is 2.00 bits per heavy atom. The number of hydrogen-bond acceptors (Lipinski definition) is 4. The Hall–Kier alpha value is -2.16. The fourth-order valence-corrected chi connectivity index (χ4v) is 2.20. The summed E-state index contributed by atoms with van der Waals surface area (Å²) in [6, 6.07) is 8.65. The van der Waals surface area contributed by atoms with Crippen LogP contribution in [0.3, 0.4) is 0 Å². The number of Topliss-reactive ketones (excluding diaryl/α,β-unsaturated/α-hetero) is 1. The second kappa shape index (κ2) is 7.21. The average Bonchev–Trinajstić information content (AvgIpc) is 2.97. The highest BCUT2D eigenvalue weighted by molar-refractivity contribution is 14.1. The van der Waals surface area contributed by atoms with Gasteiger partial charge < -0.3 is 15.0 Å². The molecule has 1 amide bonds. The molecule has 22 heavy (non-hydrogen) atoms. The molecular formula is C15H13IN2O4. The van der Waals surface area contributed by atoms with Gasteiger partial charge in [0.15, 0.2) is 12.4 Å². The summed E-state index contributed by atoms with van der Waals surface area (Å²) in [7, 11) is 0. The molecule has 0 spiro atoms. The SMILES string of the molecule is CC(=O)c1c[nH]c(C(=O)OCC(=O)Nc2ccccc2I)c1. The number of esters is 1. The first-order valence-electron chi connectivity index (χ1n) is 6.38. The number of aromatic nitrogens is 1. The van der Waals surface area contributed by atoms with Crippen molar-refractivity contribution < 1.29 is 19.1 Å². The van der Waals surface area contributed by atoms with Gasteiger partial charge in [-0.05, 0) is 47.7 Å². The van der Waals surface area contributed by atoms with Crippen LogP contribution in [-0.4, -0.2) is 29.3 Å². The Bertz CT molecular complexity index is 724. The highest BCUT2D eigenvalue weighted by Crippen LogP contribution is 2.16. The average molecular weight is 412 g/mol. The van der Waals surface area contributed by atoms with Gasteiger partial charge in [-0.15, -0.1) is 0 Å². The maximum atomic E-state index is 11.8. The van der Waals surface area contributed by atoms with E-state index < -0.39 is 18.5 Å². The van der Waals surface area contributed by atoms with Gasteiger partial charge in [0.25, 0.3) is 5.91 Å². The van der Waals surface area contributed by atoms with Crippen LogP contribution in [0.15, 0.2) is 36.5 Å². The molecule has 0 radical (unpaired) electrons. The predicted molar refractivity (Wildman–Crippen MR) is 88.9 cm³/mol. The summed E-state index contributed by atoms with van der Waals surface area (Å²) in [5, 5.41) is 2.65. The smallest absolute Gasteiger partial charge is 0.355 e. The van der Waals surface area contributed by atoms with E-state index in [0.717, 1.165) is 3.57 Å². The van der Waals surface area contributed by atoms with E-state index in [9.17, 15) is 14.4 Å². The molecule has 114 valence electrons. The summed E-state index contributed by atoms with van der Waals surface area (Å²) in [5.74, 6) is -1.28. The van der Waals surface area contributed by atoms with Gasteiger partial charge in [0.2, 0.25) is 0 Å². The summed E-state index contributed by atoms with van der Waals surface area (Å²) in [4.78, 5) is 37.3. The number of nitrogens with one attached hydrogen (secondary N) is 2. The van der Waals surface area contributed by atoms with Crippen molar-refractivity contribution in [3.63, 3.8) is 0 Å². The lowest BCUT2D eigenvalue weighted by atomic mass is 10.2. The molecule has 1 aromatic carbocycles. The van der Waals surface area contributed by atoms with E-state index >= 15 is 0 Å². The minimum Gasteiger partial charge on any atom is -0.451 e. The summed E-state index contributed by atoms with van der Waals surface area (Å²) in [6.07, 6.45) is 1.42. The van der Waals surface area contributed by atoms with Gasteiger partial charge in [0.1, 0.15) is 5.69 Å². The molecule has 0 aliphatic rings. The number of benzene rings is 1. The molecule has 1 heterocycles. The molecule has 1 aromatic heterocycles. The fraction of sp³-hybridized carbons (Fsp3) is 0.133. The number of para-hydroxylation sites is 1. The summed E-state index contributed by atoms with van der Waals surface area (Å²) >= 11 is 2.09. The molecule has 2 rings (SSSR count). The second-order valence-electron chi connectivity index (χ2n) is 4.46. The van der Waals surface area contributed by atoms with Crippen LogP contribution in [0.25, 0.3) is 0 Å². The third kappa shape index (κ3) is 4.17. The van der Waals surface area contributed by atoms with Crippen LogP contribution < -0.4 is 5.32 Å². The highest BCUT2D eigenvalue weighted by atomic mass is 127. The Kier molecular flexibility index (Phi) is 5.31. The van der Waals surface area contributed by atoms with Gasteiger partial charge in [-0.1, -0.05) is 12.1 Å². The van der Waals surface area contributed by atoms with Crippen molar-refractivity contribution in [3.8, 4) is 0 Å². The molecule has 0 fully saturated rings. The van der Waals surface area contributed by atoms with Gasteiger partial charge in [-0.25, -0.2) is 4.79 Å². The number of H-pyrrole nitrogens is 1. The lowest BCUT2D eigenvalue weighted by Crippen LogP contribution is -2.21. The summed E-state index contributed by atoms with van der Waals surface area (Å²) < 4.78 is 5.78. The first kappa shape index (κ1) is 16.2. The number of aromatic amines is 1. The van der Waals surface area contributed by atoms with Crippen LogP contribution in [0.5, 0.6) is 0 Å². The molecule has 2 aromatic rings. The third-order valence-electron chi connectivity index (χ3n) is 2.79. The second-order valence-corrected chi connectivity index (χ2v) is 5.62. The van der Waals surface area contributed by atoms with Crippen LogP contribution >= 0.6 is 22.6 Å². The van der Waals surface area contributed by atoms with Gasteiger partial charge in [-0.2, -0.15) is 0 Å². The maximum absolute atomic E-state index is 11.8. The monoisotopic (exact) mass is 412 g/mol. The number of halogens is 1. The first-order valence-corrected chi connectivity index (χ1v) is 7.46. The van der Waals surface area contributed by atoms with E-state index in [-0.39, 0.29) is 11.5 Å². The van der Waals surface area contributed by atoms with E-state index in [1.54, 1.807) is 12.1 Å². The number of rotatable bonds is 5. The number of carbonyl (C=O) groups is 3. The highest BCUT2D eigenvalue weighted by Gasteiger charge is 2.14. The van der Waals surface area contributed by atoms with Crippen LogP contribution in [-0.2, 0) is 9.53 Å². The molecule has 0 saturated carbocycles. The van der Waals surface area contributed by atoms with E-state index in [1.165, 1.54) is 19.2 Å².